The van der Waals surface area contributed by atoms with Crippen molar-refractivity contribution in [1.29, 1.82) is 0 Å². The highest BCUT2D eigenvalue weighted by atomic mass is 35.5. The average Bonchev–Trinajstić information content (AvgIpc) is 2.20. The maximum Gasteiger partial charge on any atom is 0.125 e. The molecule has 0 aliphatic carbocycles. The molecule has 0 radical (unpaired) electrons. The number of rotatable bonds is 4. The summed E-state index contributed by atoms with van der Waals surface area (Å²) in [6.07, 6.45) is 1.09. The van der Waals surface area contributed by atoms with Crippen LogP contribution >= 0.6 is 11.6 Å². The lowest BCUT2D eigenvalue weighted by atomic mass is 10.2. The van der Waals surface area contributed by atoms with Gasteiger partial charge in [-0.05, 0) is 31.5 Å². The zero-order valence-electron chi connectivity index (χ0n) is 8.46. The van der Waals surface area contributed by atoms with E-state index in [2.05, 4.69) is 6.92 Å². The van der Waals surface area contributed by atoms with Gasteiger partial charge in [-0.1, -0.05) is 18.5 Å². The topological polar surface area (TPSA) is 29.5 Å². The summed E-state index contributed by atoms with van der Waals surface area (Å²) < 4.78 is 5.62. The van der Waals surface area contributed by atoms with E-state index in [9.17, 15) is 0 Å². The van der Waals surface area contributed by atoms with Crippen LogP contribution in [0.15, 0.2) is 18.2 Å². The molecule has 0 aliphatic heterocycles. The van der Waals surface area contributed by atoms with Crippen molar-refractivity contribution in [2.24, 2.45) is 0 Å². The molecule has 0 aromatic heterocycles. The molecule has 1 N–H and O–H groups in total. The van der Waals surface area contributed by atoms with Crippen LogP contribution in [-0.2, 0) is 6.61 Å². The lowest BCUT2D eigenvalue weighted by Gasteiger charge is -2.15. The molecule has 0 fully saturated rings. The van der Waals surface area contributed by atoms with E-state index in [4.69, 9.17) is 21.4 Å². The predicted molar refractivity (Wildman–Crippen MR) is 57.8 cm³/mol. The molecular weight excluding hydrogens is 200 g/mol. The van der Waals surface area contributed by atoms with E-state index in [1.165, 1.54) is 0 Å². The molecule has 0 saturated carbocycles. The van der Waals surface area contributed by atoms with Crippen LogP contribution in [0.3, 0.4) is 0 Å². The smallest absolute Gasteiger partial charge is 0.125 e. The molecule has 1 unspecified atom stereocenters. The molecule has 3 heteroatoms. The molecule has 1 rings (SSSR count). The molecular formula is C11H15ClO2. The lowest BCUT2D eigenvalue weighted by Crippen LogP contribution is -2.11. The number of benzene rings is 1. The summed E-state index contributed by atoms with van der Waals surface area (Å²) in [5, 5.41) is 9.71. The minimum atomic E-state index is -0.0493. The van der Waals surface area contributed by atoms with Crippen molar-refractivity contribution >= 4 is 11.6 Å². The molecule has 0 saturated heterocycles. The van der Waals surface area contributed by atoms with E-state index in [1.807, 2.05) is 6.92 Å². The maximum absolute atomic E-state index is 9.09. The molecule has 1 atom stereocenters. The van der Waals surface area contributed by atoms with Gasteiger partial charge in [-0.15, -0.1) is 0 Å². The molecule has 0 amide bonds. The number of hydrogen-bond acceptors (Lipinski definition) is 2. The first kappa shape index (κ1) is 11.3. The van der Waals surface area contributed by atoms with Crippen LogP contribution in [0.4, 0.5) is 0 Å². The van der Waals surface area contributed by atoms with Crippen LogP contribution in [0, 0.1) is 0 Å². The van der Waals surface area contributed by atoms with Crippen molar-refractivity contribution in [2.45, 2.75) is 33.0 Å². The Labute approximate surface area is 89.5 Å². The van der Waals surface area contributed by atoms with Gasteiger partial charge in [0.2, 0.25) is 0 Å². The Bertz CT molecular complexity index is 299. The molecule has 0 heterocycles. The highest BCUT2D eigenvalue weighted by Gasteiger charge is 2.06. The molecule has 1 aromatic rings. The van der Waals surface area contributed by atoms with Crippen LogP contribution in [0.2, 0.25) is 5.02 Å². The SMILES string of the molecule is CCC(C)Oc1ccc(Cl)cc1CO. The zero-order valence-corrected chi connectivity index (χ0v) is 9.21. The quantitative estimate of drug-likeness (QED) is 0.835. The Hall–Kier alpha value is -0.730. The van der Waals surface area contributed by atoms with Gasteiger partial charge in [0, 0.05) is 10.6 Å². The molecule has 0 spiro atoms. The number of aliphatic hydroxyl groups is 1. The Balaban J connectivity index is 2.85. The normalized spacial score (nSPS) is 12.6. The maximum atomic E-state index is 9.09. The van der Waals surface area contributed by atoms with Gasteiger partial charge in [0.05, 0.1) is 12.7 Å². The van der Waals surface area contributed by atoms with Crippen molar-refractivity contribution in [3.05, 3.63) is 28.8 Å². The Kier molecular flexibility index (Phi) is 4.23. The Morgan fingerprint density at radius 1 is 1.50 bits per heavy atom. The Morgan fingerprint density at radius 3 is 2.79 bits per heavy atom. The predicted octanol–water partition coefficient (Wildman–Crippen LogP) is 3.01. The van der Waals surface area contributed by atoms with Crippen molar-refractivity contribution in [1.82, 2.24) is 0 Å². The summed E-state index contributed by atoms with van der Waals surface area (Å²) in [4.78, 5) is 0. The van der Waals surface area contributed by atoms with Gasteiger partial charge in [-0.2, -0.15) is 0 Å². The number of halogens is 1. The van der Waals surface area contributed by atoms with E-state index >= 15 is 0 Å². The third-order valence-corrected chi connectivity index (χ3v) is 2.33. The van der Waals surface area contributed by atoms with Gasteiger partial charge in [0.15, 0.2) is 0 Å². The molecule has 2 nitrogen and oxygen atoms in total. The van der Waals surface area contributed by atoms with E-state index in [0.29, 0.717) is 10.8 Å². The third-order valence-electron chi connectivity index (χ3n) is 2.10. The second-order valence-corrected chi connectivity index (χ2v) is 3.68. The summed E-state index contributed by atoms with van der Waals surface area (Å²) in [5.74, 6) is 0.714. The van der Waals surface area contributed by atoms with Gasteiger partial charge in [-0.25, -0.2) is 0 Å². The van der Waals surface area contributed by atoms with E-state index < -0.39 is 0 Å². The van der Waals surface area contributed by atoms with Gasteiger partial charge < -0.3 is 9.84 Å². The summed E-state index contributed by atoms with van der Waals surface area (Å²) in [7, 11) is 0. The van der Waals surface area contributed by atoms with Crippen LogP contribution in [0.5, 0.6) is 5.75 Å². The van der Waals surface area contributed by atoms with Crippen LogP contribution in [0.1, 0.15) is 25.8 Å². The highest BCUT2D eigenvalue weighted by Crippen LogP contribution is 2.24. The number of ether oxygens (including phenoxy) is 1. The fourth-order valence-corrected chi connectivity index (χ4v) is 1.28. The van der Waals surface area contributed by atoms with Crippen molar-refractivity contribution < 1.29 is 9.84 Å². The largest absolute Gasteiger partial charge is 0.490 e. The third kappa shape index (κ3) is 2.89. The second-order valence-electron chi connectivity index (χ2n) is 3.25. The van der Waals surface area contributed by atoms with Gasteiger partial charge in [-0.3, -0.25) is 0 Å². The molecule has 78 valence electrons. The average molecular weight is 215 g/mol. The van der Waals surface area contributed by atoms with Crippen LogP contribution in [0.25, 0.3) is 0 Å². The highest BCUT2D eigenvalue weighted by molar-refractivity contribution is 6.30. The van der Waals surface area contributed by atoms with Crippen molar-refractivity contribution in [3.63, 3.8) is 0 Å². The standard InChI is InChI=1S/C11H15ClO2/c1-3-8(2)14-11-5-4-10(12)6-9(11)7-13/h4-6,8,13H,3,7H2,1-2H3. The fourth-order valence-electron chi connectivity index (χ4n) is 1.09. The Morgan fingerprint density at radius 2 is 2.21 bits per heavy atom. The van der Waals surface area contributed by atoms with E-state index in [1.54, 1.807) is 18.2 Å². The summed E-state index contributed by atoms with van der Waals surface area (Å²) in [5.41, 5.74) is 0.734. The lowest BCUT2D eigenvalue weighted by molar-refractivity contribution is 0.206. The molecule has 14 heavy (non-hydrogen) atoms. The fraction of sp³-hybridized carbons (Fsp3) is 0.455. The number of hydrogen-bond donors (Lipinski definition) is 1. The molecule has 0 aliphatic rings. The monoisotopic (exact) mass is 214 g/mol. The van der Waals surface area contributed by atoms with Gasteiger partial charge in [0.1, 0.15) is 5.75 Å². The summed E-state index contributed by atoms with van der Waals surface area (Å²) in [6.45, 7) is 4.00. The summed E-state index contributed by atoms with van der Waals surface area (Å²) >= 11 is 5.80. The molecule has 0 bridgehead atoms. The van der Waals surface area contributed by atoms with Crippen LogP contribution < -0.4 is 4.74 Å². The van der Waals surface area contributed by atoms with Crippen molar-refractivity contribution in [3.8, 4) is 5.75 Å². The second kappa shape index (κ2) is 5.23. The minimum Gasteiger partial charge on any atom is -0.490 e. The summed E-state index contributed by atoms with van der Waals surface area (Å²) in [6, 6.07) is 5.28. The van der Waals surface area contributed by atoms with E-state index in [-0.39, 0.29) is 12.7 Å². The van der Waals surface area contributed by atoms with Gasteiger partial charge in [0.25, 0.3) is 0 Å². The molecule has 1 aromatic carbocycles. The first-order chi connectivity index (χ1) is 6.67. The number of aliphatic hydroxyl groups excluding tert-OH is 1. The van der Waals surface area contributed by atoms with Crippen LogP contribution in [-0.4, -0.2) is 11.2 Å². The zero-order chi connectivity index (χ0) is 10.6. The minimum absolute atomic E-state index is 0.0493. The van der Waals surface area contributed by atoms with Gasteiger partial charge >= 0.3 is 0 Å². The van der Waals surface area contributed by atoms with E-state index in [0.717, 1.165) is 12.0 Å². The van der Waals surface area contributed by atoms with Crippen molar-refractivity contribution in [2.75, 3.05) is 0 Å². The first-order valence-corrected chi connectivity index (χ1v) is 5.11. The first-order valence-electron chi connectivity index (χ1n) is 4.73.